The van der Waals surface area contributed by atoms with Crippen LogP contribution in [0.4, 0.5) is 4.39 Å². The zero-order valence-electron chi connectivity index (χ0n) is 10.3. The third-order valence-electron chi connectivity index (χ3n) is 2.50. The van der Waals surface area contributed by atoms with Gasteiger partial charge in [0.2, 0.25) is 10.0 Å². The highest BCUT2D eigenvalue weighted by atomic mass is 35.5. The molecule has 0 heterocycles. The van der Waals surface area contributed by atoms with E-state index in [2.05, 4.69) is 5.16 Å². The Hall–Kier alpha value is -1.09. The average Bonchev–Trinajstić information content (AvgIpc) is 2.41. The molecule has 1 rings (SSSR count). The molecule has 0 fully saturated rings. The van der Waals surface area contributed by atoms with Crippen LogP contribution in [0.25, 0.3) is 0 Å². The second-order valence-electron chi connectivity index (χ2n) is 3.84. The second-order valence-corrected chi connectivity index (χ2v) is 6.64. The van der Waals surface area contributed by atoms with Crippen molar-refractivity contribution in [1.82, 2.24) is 4.31 Å². The molecule has 0 bridgehead atoms. The van der Waals surface area contributed by atoms with Gasteiger partial charge in [0.1, 0.15) is 10.7 Å². The van der Waals surface area contributed by atoms with Gasteiger partial charge in [-0.1, -0.05) is 28.4 Å². The quantitative estimate of drug-likeness (QED) is 0.280. The van der Waals surface area contributed by atoms with Gasteiger partial charge in [0, 0.05) is 20.0 Å². The summed E-state index contributed by atoms with van der Waals surface area (Å²) in [6.07, 6.45) is 0.0138. The van der Waals surface area contributed by atoms with Crippen molar-refractivity contribution in [1.29, 1.82) is 0 Å². The van der Waals surface area contributed by atoms with E-state index < -0.39 is 25.8 Å². The van der Waals surface area contributed by atoms with Crippen molar-refractivity contribution in [2.24, 2.45) is 10.9 Å². The molecule has 0 saturated carbocycles. The first kappa shape index (κ1) is 17.0. The number of nitrogens with zero attached hydrogens (tertiary/aromatic N) is 2. The SMILES string of the molecule is CN(CC/C(N)=N/O)S(=O)(=O)c1ccc(Cl)c(F)c1Cl. The molecular weight excluding hydrogens is 332 g/mol. The van der Waals surface area contributed by atoms with Gasteiger partial charge in [0.15, 0.2) is 5.82 Å². The Balaban J connectivity index is 3.08. The smallest absolute Gasteiger partial charge is 0.244 e. The Kier molecular flexibility index (Phi) is 5.58. The van der Waals surface area contributed by atoms with Crippen molar-refractivity contribution in [2.45, 2.75) is 11.3 Å². The number of hydrogen-bond donors (Lipinski definition) is 2. The van der Waals surface area contributed by atoms with E-state index in [1.54, 1.807) is 0 Å². The minimum atomic E-state index is -4.00. The topological polar surface area (TPSA) is 96.0 Å². The van der Waals surface area contributed by atoms with E-state index in [4.69, 9.17) is 34.1 Å². The Bertz CT molecular complexity index is 637. The van der Waals surface area contributed by atoms with E-state index >= 15 is 0 Å². The summed E-state index contributed by atoms with van der Waals surface area (Å²) >= 11 is 11.2. The molecule has 112 valence electrons. The maximum Gasteiger partial charge on any atom is 0.244 e. The van der Waals surface area contributed by atoms with Gasteiger partial charge >= 0.3 is 0 Å². The Morgan fingerprint density at radius 3 is 2.65 bits per heavy atom. The molecular formula is C10H12Cl2FN3O3S. The zero-order valence-corrected chi connectivity index (χ0v) is 12.7. The standard InChI is InChI=1S/C10H12Cl2FN3O3S/c1-16(5-4-8(14)15-17)20(18,19)7-3-2-6(11)10(13)9(7)12/h2-3,17H,4-5H2,1H3,(H2,14,15). The van der Waals surface area contributed by atoms with Crippen molar-refractivity contribution < 1.29 is 18.0 Å². The molecule has 0 spiro atoms. The van der Waals surface area contributed by atoms with Gasteiger partial charge in [-0.3, -0.25) is 0 Å². The summed E-state index contributed by atoms with van der Waals surface area (Å²) in [5.74, 6) is -1.13. The first-order valence-electron chi connectivity index (χ1n) is 5.28. The van der Waals surface area contributed by atoms with E-state index in [-0.39, 0.29) is 23.8 Å². The van der Waals surface area contributed by atoms with Gasteiger partial charge in [-0.05, 0) is 12.1 Å². The lowest BCUT2D eigenvalue weighted by Crippen LogP contribution is -2.31. The van der Waals surface area contributed by atoms with Crippen molar-refractivity contribution >= 4 is 39.1 Å². The third-order valence-corrected chi connectivity index (χ3v) is 5.17. The second kappa shape index (κ2) is 6.57. The van der Waals surface area contributed by atoms with Gasteiger partial charge in [-0.2, -0.15) is 0 Å². The van der Waals surface area contributed by atoms with Gasteiger partial charge in [0.25, 0.3) is 0 Å². The molecule has 0 aromatic heterocycles. The van der Waals surface area contributed by atoms with Crippen LogP contribution in [0, 0.1) is 5.82 Å². The molecule has 0 radical (unpaired) electrons. The number of nitrogens with two attached hydrogens (primary N) is 1. The molecule has 1 aromatic carbocycles. The van der Waals surface area contributed by atoms with Crippen LogP contribution in [0.1, 0.15) is 6.42 Å². The predicted molar refractivity (Wildman–Crippen MR) is 74.3 cm³/mol. The summed E-state index contributed by atoms with van der Waals surface area (Å²) in [6.45, 7) is -0.0567. The van der Waals surface area contributed by atoms with Gasteiger partial charge in [0.05, 0.1) is 10.0 Å². The fourth-order valence-electron chi connectivity index (χ4n) is 1.32. The number of benzene rings is 1. The van der Waals surface area contributed by atoms with Crippen LogP contribution in [0.5, 0.6) is 0 Å². The summed E-state index contributed by atoms with van der Waals surface area (Å²) in [5.41, 5.74) is 5.25. The molecule has 1 aromatic rings. The molecule has 0 atom stereocenters. The number of sulfonamides is 1. The van der Waals surface area contributed by atoms with Crippen LogP contribution in [0.15, 0.2) is 22.2 Å². The highest BCUT2D eigenvalue weighted by Crippen LogP contribution is 2.30. The molecule has 0 aliphatic carbocycles. The summed E-state index contributed by atoms with van der Waals surface area (Å²) in [7, 11) is -2.74. The molecule has 0 amide bonds. The van der Waals surface area contributed by atoms with Gasteiger partial charge in [-0.25, -0.2) is 17.1 Å². The van der Waals surface area contributed by atoms with E-state index in [0.717, 1.165) is 16.4 Å². The molecule has 0 aliphatic heterocycles. The van der Waals surface area contributed by atoms with Crippen molar-refractivity contribution in [3.05, 3.63) is 28.0 Å². The van der Waals surface area contributed by atoms with Crippen LogP contribution in [0.2, 0.25) is 10.0 Å². The summed E-state index contributed by atoms with van der Waals surface area (Å²) < 4.78 is 38.9. The van der Waals surface area contributed by atoms with Gasteiger partial charge in [-0.15, -0.1) is 0 Å². The first-order chi connectivity index (χ1) is 9.21. The molecule has 6 nitrogen and oxygen atoms in total. The van der Waals surface area contributed by atoms with E-state index in [1.807, 2.05) is 0 Å². The van der Waals surface area contributed by atoms with Gasteiger partial charge < -0.3 is 10.9 Å². The van der Waals surface area contributed by atoms with Crippen LogP contribution in [0.3, 0.4) is 0 Å². The van der Waals surface area contributed by atoms with E-state index in [9.17, 15) is 12.8 Å². The zero-order chi connectivity index (χ0) is 15.5. The van der Waals surface area contributed by atoms with Crippen LogP contribution in [-0.4, -0.2) is 37.4 Å². The fraction of sp³-hybridized carbons (Fsp3) is 0.300. The minimum Gasteiger partial charge on any atom is -0.409 e. The highest BCUT2D eigenvalue weighted by Gasteiger charge is 2.26. The maximum atomic E-state index is 13.5. The monoisotopic (exact) mass is 343 g/mol. The number of hydrogen-bond acceptors (Lipinski definition) is 4. The van der Waals surface area contributed by atoms with Crippen LogP contribution < -0.4 is 5.73 Å². The maximum absolute atomic E-state index is 13.5. The molecule has 10 heteroatoms. The molecule has 0 unspecified atom stereocenters. The first-order valence-corrected chi connectivity index (χ1v) is 7.47. The largest absolute Gasteiger partial charge is 0.409 e. The lowest BCUT2D eigenvalue weighted by atomic mass is 10.3. The van der Waals surface area contributed by atoms with Crippen molar-refractivity contribution in [3.63, 3.8) is 0 Å². The Morgan fingerprint density at radius 2 is 2.10 bits per heavy atom. The summed E-state index contributed by atoms with van der Waals surface area (Å²) in [4.78, 5) is -0.400. The van der Waals surface area contributed by atoms with Crippen molar-refractivity contribution in [3.8, 4) is 0 Å². The average molecular weight is 344 g/mol. The normalized spacial score (nSPS) is 12.9. The number of rotatable bonds is 5. The summed E-state index contributed by atoms with van der Waals surface area (Å²) in [6, 6.07) is 2.22. The Labute approximate surface area is 125 Å². The fourth-order valence-corrected chi connectivity index (χ4v) is 3.20. The molecule has 0 aliphatic rings. The molecule has 0 saturated heterocycles. The molecule has 3 N–H and O–H groups in total. The third kappa shape index (κ3) is 3.51. The van der Waals surface area contributed by atoms with E-state index in [1.165, 1.54) is 7.05 Å². The predicted octanol–water partition coefficient (Wildman–Crippen LogP) is 1.89. The lowest BCUT2D eigenvalue weighted by Gasteiger charge is -2.18. The van der Waals surface area contributed by atoms with Crippen LogP contribution >= 0.6 is 23.2 Å². The lowest BCUT2D eigenvalue weighted by molar-refractivity contribution is 0.316. The van der Waals surface area contributed by atoms with Crippen LogP contribution in [-0.2, 0) is 10.0 Å². The summed E-state index contributed by atoms with van der Waals surface area (Å²) in [5, 5.41) is 10.3. The Morgan fingerprint density at radius 1 is 1.50 bits per heavy atom. The van der Waals surface area contributed by atoms with E-state index in [0.29, 0.717) is 0 Å². The van der Waals surface area contributed by atoms with Crippen molar-refractivity contribution in [2.75, 3.05) is 13.6 Å². The number of amidine groups is 1. The highest BCUT2D eigenvalue weighted by molar-refractivity contribution is 7.89. The number of oxime groups is 1. The molecule has 20 heavy (non-hydrogen) atoms. The number of halogens is 3. The minimum absolute atomic E-state index is 0.0138.